The standard InChI is InChI=1S/C27H28F3N5O2/c1-17(2)27(31,25(36)35-16-26(28,29)30)20-10-19(12-32-13-20)23-15-34-24-22(23)11-21(14-33-24)37-9-8-18-6-4-3-5-7-18/h3-7,10-15,17H,8-9,16,31H2,1-2H3,(H,33,34)(H,35,36). The number of H-pyrrole nitrogens is 1. The summed E-state index contributed by atoms with van der Waals surface area (Å²) in [6.07, 6.45) is 2.59. The van der Waals surface area contributed by atoms with Crippen molar-refractivity contribution < 1.29 is 22.7 Å². The molecule has 0 aliphatic heterocycles. The second kappa shape index (κ2) is 10.6. The fourth-order valence-electron chi connectivity index (χ4n) is 4.10. The predicted molar refractivity (Wildman–Crippen MR) is 135 cm³/mol. The van der Waals surface area contributed by atoms with Crippen LogP contribution in [-0.2, 0) is 16.8 Å². The minimum Gasteiger partial charge on any atom is -0.492 e. The molecule has 0 aliphatic rings. The number of halogens is 3. The number of alkyl halides is 3. The third kappa shape index (κ3) is 5.91. The molecule has 0 spiro atoms. The van der Waals surface area contributed by atoms with E-state index in [1.165, 1.54) is 6.20 Å². The lowest BCUT2D eigenvalue weighted by Crippen LogP contribution is -2.56. The van der Waals surface area contributed by atoms with Gasteiger partial charge in [-0.05, 0) is 23.6 Å². The van der Waals surface area contributed by atoms with E-state index < -0.39 is 30.1 Å². The molecule has 7 nitrogen and oxygen atoms in total. The van der Waals surface area contributed by atoms with Crippen LogP contribution >= 0.6 is 0 Å². The number of aromatic amines is 1. The molecule has 1 unspecified atom stereocenters. The summed E-state index contributed by atoms with van der Waals surface area (Å²) in [5.74, 6) is -0.837. The first-order chi connectivity index (χ1) is 17.6. The van der Waals surface area contributed by atoms with Crippen molar-refractivity contribution in [2.24, 2.45) is 11.7 Å². The monoisotopic (exact) mass is 511 g/mol. The van der Waals surface area contributed by atoms with Crippen molar-refractivity contribution in [1.82, 2.24) is 20.3 Å². The zero-order valence-corrected chi connectivity index (χ0v) is 20.5. The lowest BCUT2D eigenvalue weighted by atomic mass is 9.80. The van der Waals surface area contributed by atoms with Crippen molar-refractivity contribution in [3.05, 3.63) is 78.4 Å². The SMILES string of the molecule is CC(C)C(N)(C(=O)NCC(F)(F)F)c1cncc(-c2c[nH]c3ncc(OCCc4ccccc4)cc23)c1. The number of fused-ring (bicyclic) bond motifs is 1. The molecule has 4 aromatic rings. The molecule has 0 radical (unpaired) electrons. The van der Waals surface area contributed by atoms with E-state index in [9.17, 15) is 18.0 Å². The van der Waals surface area contributed by atoms with Gasteiger partial charge in [0.05, 0.1) is 12.8 Å². The summed E-state index contributed by atoms with van der Waals surface area (Å²) in [5.41, 5.74) is 8.19. The highest BCUT2D eigenvalue weighted by atomic mass is 19.4. The number of ether oxygens (including phenoxy) is 1. The van der Waals surface area contributed by atoms with Crippen molar-refractivity contribution in [1.29, 1.82) is 0 Å². The Morgan fingerprint density at radius 1 is 1.14 bits per heavy atom. The number of carbonyl (C=O) groups excluding carboxylic acids is 1. The average molecular weight is 512 g/mol. The largest absolute Gasteiger partial charge is 0.492 e. The molecule has 0 aliphatic carbocycles. The Labute approximate surface area is 212 Å². The van der Waals surface area contributed by atoms with Gasteiger partial charge < -0.3 is 20.8 Å². The second-order valence-electron chi connectivity index (χ2n) is 9.14. The van der Waals surface area contributed by atoms with E-state index in [2.05, 4.69) is 15.0 Å². The summed E-state index contributed by atoms with van der Waals surface area (Å²) in [6.45, 7) is 2.36. The van der Waals surface area contributed by atoms with Crippen LogP contribution in [0.2, 0.25) is 0 Å². The molecule has 1 aromatic carbocycles. The topological polar surface area (TPSA) is 106 Å². The molecule has 1 atom stereocenters. The summed E-state index contributed by atoms with van der Waals surface area (Å²) in [6, 6.07) is 13.5. The Balaban J connectivity index is 1.60. The molecule has 0 saturated heterocycles. The number of hydrogen-bond donors (Lipinski definition) is 3. The molecule has 3 heterocycles. The number of amides is 1. The Hall–Kier alpha value is -3.92. The molecular formula is C27H28F3N5O2. The number of hydrogen-bond acceptors (Lipinski definition) is 5. The molecule has 1 amide bonds. The number of nitrogens with two attached hydrogens (primary N) is 1. The van der Waals surface area contributed by atoms with Gasteiger partial charge in [0.1, 0.15) is 23.5 Å². The third-order valence-corrected chi connectivity index (χ3v) is 6.27. The maximum atomic E-state index is 12.8. The summed E-state index contributed by atoms with van der Waals surface area (Å²) in [5, 5.41) is 2.68. The van der Waals surface area contributed by atoms with E-state index in [0.29, 0.717) is 29.1 Å². The fraction of sp³-hybridized carbons (Fsp3) is 0.296. The zero-order chi connectivity index (χ0) is 26.6. The third-order valence-electron chi connectivity index (χ3n) is 6.27. The molecular weight excluding hydrogens is 483 g/mol. The first-order valence-corrected chi connectivity index (χ1v) is 11.8. The number of benzene rings is 1. The molecule has 4 N–H and O–H groups in total. The van der Waals surface area contributed by atoms with Gasteiger partial charge in [-0.1, -0.05) is 44.2 Å². The number of carbonyl (C=O) groups is 1. The van der Waals surface area contributed by atoms with E-state index in [4.69, 9.17) is 10.5 Å². The number of nitrogens with zero attached hydrogens (tertiary/aromatic N) is 2. The first kappa shape index (κ1) is 26.2. The van der Waals surface area contributed by atoms with Crippen LogP contribution in [0, 0.1) is 5.92 Å². The van der Waals surface area contributed by atoms with Crippen molar-refractivity contribution in [2.45, 2.75) is 32.0 Å². The van der Waals surface area contributed by atoms with Crippen molar-refractivity contribution in [3.63, 3.8) is 0 Å². The maximum Gasteiger partial charge on any atom is 0.405 e. The summed E-state index contributed by atoms with van der Waals surface area (Å²) >= 11 is 0. The molecule has 0 saturated carbocycles. The van der Waals surface area contributed by atoms with Gasteiger partial charge in [0.15, 0.2) is 0 Å². The number of pyridine rings is 2. The van der Waals surface area contributed by atoms with E-state index in [1.807, 2.05) is 41.7 Å². The highest BCUT2D eigenvalue weighted by molar-refractivity contribution is 5.95. The number of rotatable bonds is 9. The highest BCUT2D eigenvalue weighted by Gasteiger charge is 2.41. The smallest absolute Gasteiger partial charge is 0.405 e. The molecule has 0 fully saturated rings. The van der Waals surface area contributed by atoms with Gasteiger partial charge in [-0.2, -0.15) is 13.2 Å². The van der Waals surface area contributed by atoms with Crippen molar-refractivity contribution in [2.75, 3.05) is 13.2 Å². The molecule has 4 rings (SSSR count). The second-order valence-corrected chi connectivity index (χ2v) is 9.14. The van der Waals surface area contributed by atoms with E-state index >= 15 is 0 Å². The number of aromatic nitrogens is 3. The van der Waals surface area contributed by atoms with E-state index in [0.717, 1.165) is 22.9 Å². The normalized spacial score (nSPS) is 13.5. The van der Waals surface area contributed by atoms with E-state index in [-0.39, 0.29) is 0 Å². The fourth-order valence-corrected chi connectivity index (χ4v) is 4.10. The first-order valence-electron chi connectivity index (χ1n) is 11.8. The van der Waals surface area contributed by atoms with Gasteiger partial charge in [0.25, 0.3) is 0 Å². The Morgan fingerprint density at radius 3 is 2.59 bits per heavy atom. The van der Waals surface area contributed by atoms with Crippen LogP contribution in [0.5, 0.6) is 5.75 Å². The molecule has 10 heteroatoms. The van der Waals surface area contributed by atoms with Crippen LogP contribution < -0.4 is 15.8 Å². The maximum absolute atomic E-state index is 12.8. The summed E-state index contributed by atoms with van der Waals surface area (Å²) in [4.78, 5) is 24.6. The van der Waals surface area contributed by atoms with Crippen LogP contribution in [0.15, 0.2) is 67.3 Å². The molecule has 194 valence electrons. The van der Waals surface area contributed by atoms with Crippen LogP contribution in [0.25, 0.3) is 22.2 Å². The lowest BCUT2D eigenvalue weighted by Gasteiger charge is -2.32. The minimum absolute atomic E-state index is 0.303. The molecule has 0 bridgehead atoms. The van der Waals surface area contributed by atoms with Crippen LogP contribution in [0.1, 0.15) is 25.0 Å². The quantitative estimate of drug-likeness (QED) is 0.301. The van der Waals surface area contributed by atoms with Crippen LogP contribution in [0.4, 0.5) is 13.2 Å². The summed E-state index contributed by atoms with van der Waals surface area (Å²) < 4.78 is 44.1. The Kier molecular flexibility index (Phi) is 7.49. The average Bonchev–Trinajstić information content (AvgIpc) is 3.30. The predicted octanol–water partition coefficient (Wildman–Crippen LogP) is 4.73. The zero-order valence-electron chi connectivity index (χ0n) is 20.5. The molecule has 37 heavy (non-hydrogen) atoms. The minimum atomic E-state index is -4.55. The van der Waals surface area contributed by atoms with Crippen molar-refractivity contribution in [3.8, 4) is 16.9 Å². The highest BCUT2D eigenvalue weighted by Crippen LogP contribution is 2.34. The van der Waals surface area contributed by atoms with E-state index in [1.54, 1.807) is 38.5 Å². The van der Waals surface area contributed by atoms with Crippen LogP contribution in [-0.4, -0.2) is 40.2 Å². The Morgan fingerprint density at radius 2 is 1.89 bits per heavy atom. The summed E-state index contributed by atoms with van der Waals surface area (Å²) in [7, 11) is 0. The van der Waals surface area contributed by atoms with Gasteiger partial charge in [0, 0.05) is 47.1 Å². The van der Waals surface area contributed by atoms with Gasteiger partial charge in [-0.15, -0.1) is 0 Å². The molecule has 3 aromatic heterocycles. The van der Waals surface area contributed by atoms with Gasteiger partial charge in [-0.25, -0.2) is 4.98 Å². The number of nitrogens with one attached hydrogen (secondary N) is 2. The van der Waals surface area contributed by atoms with Gasteiger partial charge in [-0.3, -0.25) is 9.78 Å². The Bertz CT molecular complexity index is 1370. The lowest BCUT2D eigenvalue weighted by molar-refractivity contribution is -0.143. The van der Waals surface area contributed by atoms with Crippen LogP contribution in [0.3, 0.4) is 0 Å². The van der Waals surface area contributed by atoms with Gasteiger partial charge >= 0.3 is 6.18 Å². The van der Waals surface area contributed by atoms with Crippen molar-refractivity contribution >= 4 is 16.9 Å². The van der Waals surface area contributed by atoms with Gasteiger partial charge in [0.2, 0.25) is 5.91 Å².